The highest BCUT2D eigenvalue weighted by Gasteiger charge is 2.15. The van der Waals surface area contributed by atoms with Crippen LogP contribution in [0.3, 0.4) is 0 Å². The average molecular weight is 356 g/mol. The van der Waals surface area contributed by atoms with Crippen LogP contribution in [0.25, 0.3) is 22.5 Å². The average Bonchev–Trinajstić information content (AvgIpc) is 3.09. The Balaban J connectivity index is 1.63. The van der Waals surface area contributed by atoms with Crippen LogP contribution >= 0.6 is 0 Å². The van der Waals surface area contributed by atoms with Crippen LogP contribution in [-0.2, 0) is 7.05 Å². The van der Waals surface area contributed by atoms with Crippen LogP contribution in [0, 0.1) is 0 Å². The maximum Gasteiger partial charge on any atom is 0.257 e. The molecule has 0 aromatic carbocycles. The molecule has 132 valence electrons. The molecule has 0 saturated carbocycles. The third-order valence-electron chi connectivity index (χ3n) is 3.98. The fraction of sp³-hybridized carbons (Fsp3) is 0.0500. The fourth-order valence-corrected chi connectivity index (χ4v) is 2.72. The van der Waals surface area contributed by atoms with Crippen molar-refractivity contribution in [3.05, 3.63) is 79.1 Å². The topological polar surface area (TPSA) is 85.6 Å². The first-order valence-corrected chi connectivity index (χ1v) is 8.32. The Labute approximate surface area is 155 Å². The van der Waals surface area contributed by atoms with Crippen molar-refractivity contribution in [1.29, 1.82) is 0 Å². The summed E-state index contributed by atoms with van der Waals surface area (Å²) >= 11 is 0. The molecule has 1 amide bonds. The molecule has 7 heteroatoms. The van der Waals surface area contributed by atoms with Crippen LogP contribution in [0.1, 0.15) is 10.4 Å². The van der Waals surface area contributed by atoms with Crippen molar-refractivity contribution in [3.63, 3.8) is 0 Å². The van der Waals surface area contributed by atoms with E-state index in [9.17, 15) is 4.79 Å². The Morgan fingerprint density at radius 3 is 2.67 bits per heavy atom. The van der Waals surface area contributed by atoms with E-state index in [0.717, 1.165) is 11.1 Å². The number of aryl methyl sites for hydroxylation is 1. The van der Waals surface area contributed by atoms with Gasteiger partial charge in [-0.2, -0.15) is 5.10 Å². The predicted molar refractivity (Wildman–Crippen MR) is 102 cm³/mol. The minimum absolute atomic E-state index is 0.265. The minimum atomic E-state index is -0.265. The Morgan fingerprint density at radius 1 is 1.00 bits per heavy atom. The lowest BCUT2D eigenvalue weighted by atomic mass is 10.1. The highest BCUT2D eigenvalue weighted by Crippen LogP contribution is 2.25. The lowest BCUT2D eigenvalue weighted by Gasteiger charge is -2.07. The molecule has 0 aliphatic rings. The third-order valence-corrected chi connectivity index (χ3v) is 3.98. The van der Waals surface area contributed by atoms with Crippen molar-refractivity contribution in [2.75, 3.05) is 5.32 Å². The van der Waals surface area contributed by atoms with Crippen molar-refractivity contribution in [1.82, 2.24) is 24.7 Å². The van der Waals surface area contributed by atoms with Gasteiger partial charge in [0.1, 0.15) is 5.69 Å². The van der Waals surface area contributed by atoms with Crippen LogP contribution in [0.5, 0.6) is 0 Å². The number of hydrogen-bond acceptors (Lipinski definition) is 5. The van der Waals surface area contributed by atoms with Gasteiger partial charge in [0.15, 0.2) is 0 Å². The van der Waals surface area contributed by atoms with Crippen LogP contribution in [0.2, 0.25) is 0 Å². The van der Waals surface area contributed by atoms with Crippen molar-refractivity contribution < 1.29 is 4.79 Å². The molecule has 0 saturated heterocycles. The summed E-state index contributed by atoms with van der Waals surface area (Å²) in [5.41, 5.74) is 4.07. The van der Waals surface area contributed by atoms with Crippen molar-refractivity contribution >= 4 is 11.6 Å². The molecular weight excluding hydrogens is 340 g/mol. The molecule has 1 N–H and O–H groups in total. The number of anilines is 1. The van der Waals surface area contributed by atoms with Crippen molar-refractivity contribution in [3.8, 4) is 22.5 Å². The van der Waals surface area contributed by atoms with E-state index in [-0.39, 0.29) is 5.91 Å². The normalized spacial score (nSPS) is 10.6. The first-order chi connectivity index (χ1) is 13.2. The van der Waals surface area contributed by atoms with E-state index in [2.05, 4.69) is 25.4 Å². The third kappa shape index (κ3) is 3.57. The van der Waals surface area contributed by atoms with Crippen LogP contribution in [0.15, 0.2) is 73.6 Å². The first-order valence-electron chi connectivity index (χ1n) is 8.32. The Kier molecular flexibility index (Phi) is 4.40. The molecular formula is C20H16N6O. The van der Waals surface area contributed by atoms with E-state index in [1.807, 2.05) is 30.3 Å². The molecule has 0 aliphatic heterocycles. The molecule has 4 rings (SSSR count). The van der Waals surface area contributed by atoms with E-state index in [1.165, 1.54) is 6.20 Å². The van der Waals surface area contributed by atoms with Gasteiger partial charge in [0, 0.05) is 55.4 Å². The number of nitrogens with one attached hydrogen (secondary N) is 1. The SMILES string of the molecule is Cn1cc(NC(=O)c2cncc(-c3cccnc3)c2)c(-c2ccccn2)n1. The zero-order chi connectivity index (χ0) is 18.6. The summed E-state index contributed by atoms with van der Waals surface area (Å²) in [5, 5.41) is 7.32. The van der Waals surface area contributed by atoms with Crippen molar-refractivity contribution in [2.24, 2.45) is 7.05 Å². The summed E-state index contributed by atoms with van der Waals surface area (Å²) in [6.45, 7) is 0. The molecule has 0 spiro atoms. The summed E-state index contributed by atoms with van der Waals surface area (Å²) in [5.74, 6) is -0.265. The number of pyridine rings is 3. The second kappa shape index (κ2) is 7.17. The van der Waals surface area contributed by atoms with E-state index < -0.39 is 0 Å². The van der Waals surface area contributed by atoms with Gasteiger partial charge in [0.05, 0.1) is 16.9 Å². The number of carbonyl (C=O) groups is 1. The second-order valence-corrected chi connectivity index (χ2v) is 5.94. The Hall–Kier alpha value is -3.87. The first kappa shape index (κ1) is 16.6. The highest BCUT2D eigenvalue weighted by molar-refractivity contribution is 6.06. The molecule has 0 bridgehead atoms. The van der Waals surface area contributed by atoms with Crippen LogP contribution in [0.4, 0.5) is 5.69 Å². The summed E-state index contributed by atoms with van der Waals surface area (Å²) in [7, 11) is 1.80. The number of hydrogen-bond donors (Lipinski definition) is 1. The van der Waals surface area contributed by atoms with E-state index >= 15 is 0 Å². The quantitative estimate of drug-likeness (QED) is 0.607. The zero-order valence-corrected chi connectivity index (χ0v) is 14.6. The zero-order valence-electron chi connectivity index (χ0n) is 14.6. The Morgan fingerprint density at radius 2 is 1.89 bits per heavy atom. The van der Waals surface area contributed by atoms with E-state index in [1.54, 1.807) is 48.8 Å². The maximum atomic E-state index is 12.8. The maximum absolute atomic E-state index is 12.8. The van der Waals surface area contributed by atoms with Gasteiger partial charge < -0.3 is 5.32 Å². The molecule has 0 fully saturated rings. The van der Waals surface area contributed by atoms with Crippen LogP contribution < -0.4 is 5.32 Å². The number of aromatic nitrogens is 5. The fourth-order valence-electron chi connectivity index (χ4n) is 2.72. The summed E-state index contributed by atoms with van der Waals surface area (Å²) in [6.07, 6.45) is 10.1. The number of rotatable bonds is 4. The van der Waals surface area contributed by atoms with E-state index in [4.69, 9.17) is 0 Å². The number of nitrogens with zero attached hydrogens (tertiary/aromatic N) is 5. The summed E-state index contributed by atoms with van der Waals surface area (Å²) in [4.78, 5) is 25.4. The van der Waals surface area contributed by atoms with Crippen LogP contribution in [-0.4, -0.2) is 30.6 Å². The van der Waals surface area contributed by atoms with Gasteiger partial charge in [-0.05, 0) is 24.3 Å². The monoisotopic (exact) mass is 356 g/mol. The largest absolute Gasteiger partial charge is 0.319 e. The number of carbonyl (C=O) groups excluding carboxylic acids is 1. The van der Waals surface area contributed by atoms with Gasteiger partial charge in [-0.25, -0.2) is 0 Å². The molecule has 4 aromatic heterocycles. The van der Waals surface area contributed by atoms with Gasteiger partial charge in [0.2, 0.25) is 0 Å². The van der Waals surface area contributed by atoms with Gasteiger partial charge >= 0.3 is 0 Å². The van der Waals surface area contributed by atoms with Gasteiger partial charge in [-0.15, -0.1) is 0 Å². The Bertz CT molecular complexity index is 1080. The highest BCUT2D eigenvalue weighted by atomic mass is 16.1. The summed E-state index contributed by atoms with van der Waals surface area (Å²) in [6, 6.07) is 11.1. The standard InChI is InChI=1S/C20H16N6O/c1-26-13-18(19(25-26)17-6-2-3-8-23-17)24-20(27)16-9-15(11-22-12-16)14-5-4-7-21-10-14/h2-13H,1H3,(H,24,27). The number of amides is 1. The molecule has 4 heterocycles. The second-order valence-electron chi connectivity index (χ2n) is 5.94. The lowest BCUT2D eigenvalue weighted by molar-refractivity contribution is 0.102. The van der Waals surface area contributed by atoms with Crippen molar-refractivity contribution in [2.45, 2.75) is 0 Å². The molecule has 4 aromatic rings. The van der Waals surface area contributed by atoms with E-state index in [0.29, 0.717) is 22.6 Å². The smallest absolute Gasteiger partial charge is 0.257 e. The molecule has 0 radical (unpaired) electrons. The lowest BCUT2D eigenvalue weighted by Crippen LogP contribution is -2.12. The van der Waals surface area contributed by atoms with Gasteiger partial charge in [-0.3, -0.25) is 24.4 Å². The molecule has 7 nitrogen and oxygen atoms in total. The minimum Gasteiger partial charge on any atom is -0.319 e. The van der Waals surface area contributed by atoms with Gasteiger partial charge in [0.25, 0.3) is 5.91 Å². The molecule has 27 heavy (non-hydrogen) atoms. The predicted octanol–water partition coefficient (Wildman–Crippen LogP) is 3.19. The van der Waals surface area contributed by atoms with Gasteiger partial charge in [-0.1, -0.05) is 12.1 Å². The molecule has 0 aliphatic carbocycles. The molecule has 0 unspecified atom stereocenters. The molecule has 0 atom stereocenters. The summed E-state index contributed by atoms with van der Waals surface area (Å²) < 4.78 is 1.64.